The van der Waals surface area contributed by atoms with Gasteiger partial charge in [-0.1, -0.05) is 13.8 Å². The first-order chi connectivity index (χ1) is 8.95. The van der Waals surface area contributed by atoms with Crippen molar-refractivity contribution in [1.82, 2.24) is 9.21 Å². The van der Waals surface area contributed by atoms with Crippen LogP contribution in [-0.2, 0) is 10.0 Å². The Labute approximate surface area is 118 Å². The van der Waals surface area contributed by atoms with Crippen molar-refractivity contribution in [1.29, 1.82) is 0 Å². The third-order valence-corrected chi connectivity index (χ3v) is 5.48. The lowest BCUT2D eigenvalue weighted by Gasteiger charge is -2.21. The standard InChI is InChI=1S/C13H29N3O2S/c1-13(2)5-12-19(17,18)16-9-4-8-15(10-11-16)7-3-6-14/h13H,3-12,14H2,1-2H3. The van der Waals surface area contributed by atoms with Crippen LogP contribution in [0.1, 0.15) is 33.1 Å². The summed E-state index contributed by atoms with van der Waals surface area (Å²) in [7, 11) is -3.06. The lowest BCUT2D eigenvalue weighted by Crippen LogP contribution is -2.37. The second-order valence-corrected chi connectivity index (χ2v) is 7.82. The normalized spacial score (nSPS) is 19.8. The molecule has 0 unspecified atom stereocenters. The molecule has 6 heteroatoms. The third kappa shape index (κ3) is 6.21. The van der Waals surface area contributed by atoms with Gasteiger partial charge < -0.3 is 10.6 Å². The molecule has 1 aliphatic heterocycles. The minimum absolute atomic E-state index is 0.285. The van der Waals surface area contributed by atoms with E-state index in [1.54, 1.807) is 4.31 Å². The highest BCUT2D eigenvalue weighted by Gasteiger charge is 2.24. The van der Waals surface area contributed by atoms with Crippen molar-refractivity contribution in [2.45, 2.75) is 33.1 Å². The van der Waals surface area contributed by atoms with E-state index in [2.05, 4.69) is 18.7 Å². The van der Waals surface area contributed by atoms with Crippen LogP contribution in [0.5, 0.6) is 0 Å². The summed E-state index contributed by atoms with van der Waals surface area (Å²) in [5.41, 5.74) is 5.52. The summed E-state index contributed by atoms with van der Waals surface area (Å²) >= 11 is 0. The van der Waals surface area contributed by atoms with E-state index in [1.165, 1.54) is 0 Å². The molecule has 1 fully saturated rings. The zero-order chi connectivity index (χ0) is 14.3. The molecule has 0 saturated carbocycles. The second kappa shape index (κ2) is 8.19. The smallest absolute Gasteiger partial charge is 0.214 e. The fraction of sp³-hybridized carbons (Fsp3) is 1.00. The van der Waals surface area contributed by atoms with E-state index in [4.69, 9.17) is 5.73 Å². The van der Waals surface area contributed by atoms with Crippen LogP contribution in [0.15, 0.2) is 0 Å². The maximum atomic E-state index is 12.3. The van der Waals surface area contributed by atoms with E-state index < -0.39 is 10.0 Å². The van der Waals surface area contributed by atoms with Gasteiger partial charge in [0.05, 0.1) is 5.75 Å². The average Bonchev–Trinajstić information content (AvgIpc) is 2.60. The van der Waals surface area contributed by atoms with Crippen LogP contribution in [-0.4, -0.2) is 62.6 Å². The molecule has 0 aromatic carbocycles. The summed E-state index contributed by atoms with van der Waals surface area (Å²) in [6.07, 6.45) is 2.65. The zero-order valence-electron chi connectivity index (χ0n) is 12.3. The molecule has 0 aliphatic carbocycles. The fourth-order valence-electron chi connectivity index (χ4n) is 2.28. The molecule has 1 saturated heterocycles. The van der Waals surface area contributed by atoms with Crippen molar-refractivity contribution in [2.24, 2.45) is 11.7 Å². The molecule has 1 heterocycles. The van der Waals surface area contributed by atoms with Crippen LogP contribution < -0.4 is 5.73 Å². The van der Waals surface area contributed by atoms with Gasteiger partial charge in [0, 0.05) is 19.6 Å². The number of sulfonamides is 1. The van der Waals surface area contributed by atoms with Crippen LogP contribution in [0.2, 0.25) is 0 Å². The van der Waals surface area contributed by atoms with E-state index in [1.807, 2.05) is 0 Å². The van der Waals surface area contributed by atoms with Gasteiger partial charge in [0.15, 0.2) is 0 Å². The molecule has 1 aliphatic rings. The van der Waals surface area contributed by atoms with Crippen LogP contribution >= 0.6 is 0 Å². The predicted molar refractivity (Wildman–Crippen MR) is 79.5 cm³/mol. The summed E-state index contributed by atoms with van der Waals surface area (Å²) in [5, 5.41) is 0. The molecule has 0 aromatic rings. The van der Waals surface area contributed by atoms with Gasteiger partial charge in [0.1, 0.15) is 0 Å². The Kier molecular flexibility index (Phi) is 7.28. The van der Waals surface area contributed by atoms with Crippen LogP contribution in [0.3, 0.4) is 0 Å². The zero-order valence-corrected chi connectivity index (χ0v) is 13.2. The first-order valence-electron chi connectivity index (χ1n) is 7.36. The molecule has 0 amide bonds. The largest absolute Gasteiger partial charge is 0.330 e. The Bertz CT molecular complexity index is 344. The van der Waals surface area contributed by atoms with E-state index in [0.717, 1.165) is 38.9 Å². The van der Waals surface area contributed by atoms with Crippen LogP contribution in [0, 0.1) is 5.92 Å². The maximum Gasteiger partial charge on any atom is 0.214 e. The monoisotopic (exact) mass is 291 g/mol. The highest BCUT2D eigenvalue weighted by Crippen LogP contribution is 2.12. The molecule has 2 N–H and O–H groups in total. The van der Waals surface area contributed by atoms with Gasteiger partial charge in [0.25, 0.3) is 0 Å². The van der Waals surface area contributed by atoms with Crippen LogP contribution in [0.4, 0.5) is 0 Å². The van der Waals surface area contributed by atoms with Gasteiger partial charge in [0.2, 0.25) is 10.0 Å². The second-order valence-electron chi connectivity index (χ2n) is 5.74. The Hall–Kier alpha value is -0.170. The maximum absolute atomic E-state index is 12.3. The molecular formula is C13H29N3O2S. The number of rotatable bonds is 7. The van der Waals surface area contributed by atoms with Gasteiger partial charge in [-0.25, -0.2) is 12.7 Å². The van der Waals surface area contributed by atoms with Gasteiger partial charge in [-0.15, -0.1) is 0 Å². The minimum Gasteiger partial charge on any atom is -0.330 e. The fourth-order valence-corrected chi connectivity index (χ4v) is 4.07. The molecule has 0 radical (unpaired) electrons. The van der Waals surface area contributed by atoms with Gasteiger partial charge in [-0.3, -0.25) is 0 Å². The van der Waals surface area contributed by atoms with Crippen molar-refractivity contribution < 1.29 is 8.42 Å². The average molecular weight is 291 g/mol. The quantitative estimate of drug-likeness (QED) is 0.750. The molecule has 0 aromatic heterocycles. The highest BCUT2D eigenvalue weighted by molar-refractivity contribution is 7.89. The Morgan fingerprint density at radius 3 is 2.53 bits per heavy atom. The lowest BCUT2D eigenvalue weighted by atomic mass is 10.2. The number of hydrogen-bond acceptors (Lipinski definition) is 4. The molecule has 0 atom stereocenters. The van der Waals surface area contributed by atoms with E-state index in [0.29, 0.717) is 25.6 Å². The Balaban J connectivity index is 2.47. The van der Waals surface area contributed by atoms with Gasteiger partial charge in [-0.05, 0) is 44.8 Å². The molecule has 1 rings (SSSR count). The number of hydrogen-bond donors (Lipinski definition) is 1. The summed E-state index contributed by atoms with van der Waals surface area (Å²) in [4.78, 5) is 2.32. The van der Waals surface area contributed by atoms with E-state index in [-0.39, 0.29) is 5.75 Å². The minimum atomic E-state index is -3.06. The molecule has 0 spiro atoms. The number of nitrogens with zero attached hydrogens (tertiary/aromatic N) is 2. The number of nitrogens with two attached hydrogens (primary N) is 1. The third-order valence-electron chi connectivity index (χ3n) is 3.57. The van der Waals surface area contributed by atoms with Gasteiger partial charge >= 0.3 is 0 Å². The SMILES string of the molecule is CC(C)CCS(=O)(=O)N1CCCN(CCCN)CC1. The van der Waals surface area contributed by atoms with Gasteiger partial charge in [-0.2, -0.15) is 0 Å². The highest BCUT2D eigenvalue weighted by atomic mass is 32.2. The van der Waals surface area contributed by atoms with Crippen molar-refractivity contribution in [3.63, 3.8) is 0 Å². The summed E-state index contributed by atoms with van der Waals surface area (Å²) < 4.78 is 26.2. The Morgan fingerprint density at radius 2 is 1.89 bits per heavy atom. The van der Waals surface area contributed by atoms with Crippen molar-refractivity contribution in [3.05, 3.63) is 0 Å². The molecule has 5 nitrogen and oxygen atoms in total. The molecule has 0 bridgehead atoms. The van der Waals surface area contributed by atoms with E-state index >= 15 is 0 Å². The Morgan fingerprint density at radius 1 is 1.16 bits per heavy atom. The summed E-state index contributed by atoms with van der Waals surface area (Å²) in [6, 6.07) is 0. The lowest BCUT2D eigenvalue weighted by molar-refractivity contribution is 0.284. The molecule has 114 valence electrons. The summed E-state index contributed by atoms with van der Waals surface area (Å²) in [5.74, 6) is 0.718. The predicted octanol–water partition coefficient (Wildman–Crippen LogP) is 0.719. The first-order valence-corrected chi connectivity index (χ1v) is 8.97. The summed E-state index contributed by atoms with van der Waals surface area (Å²) in [6.45, 7) is 8.92. The van der Waals surface area contributed by atoms with Crippen LogP contribution in [0.25, 0.3) is 0 Å². The first kappa shape index (κ1) is 16.9. The topological polar surface area (TPSA) is 66.6 Å². The molecular weight excluding hydrogens is 262 g/mol. The van der Waals surface area contributed by atoms with Crippen molar-refractivity contribution >= 4 is 10.0 Å². The molecule has 19 heavy (non-hydrogen) atoms. The van der Waals surface area contributed by atoms with Crippen molar-refractivity contribution in [2.75, 3.05) is 45.0 Å². The van der Waals surface area contributed by atoms with E-state index in [9.17, 15) is 8.42 Å². The van der Waals surface area contributed by atoms with Crippen molar-refractivity contribution in [3.8, 4) is 0 Å².